The predicted molar refractivity (Wildman–Crippen MR) is 102 cm³/mol. The van der Waals surface area contributed by atoms with Gasteiger partial charge in [0.1, 0.15) is 12.3 Å². The standard InChI is InChI=1S/C19H24N2O6S/c1-4-20-19(23)15(3)27-18(22)13-21(12-16-6-5-11-26-16)28(24,25)17-9-7-14(2)8-10-17/h5-11,15H,4,12-13H2,1-3H3,(H,20,23)/t15-/m1/s1. The van der Waals surface area contributed by atoms with Crippen molar-refractivity contribution in [1.82, 2.24) is 9.62 Å². The van der Waals surface area contributed by atoms with E-state index in [0.29, 0.717) is 12.3 Å². The Morgan fingerprint density at radius 2 is 1.89 bits per heavy atom. The molecule has 152 valence electrons. The van der Waals surface area contributed by atoms with E-state index in [0.717, 1.165) is 9.87 Å². The predicted octanol–water partition coefficient (Wildman–Crippen LogP) is 1.85. The number of nitrogens with one attached hydrogen (secondary N) is 1. The Morgan fingerprint density at radius 1 is 1.21 bits per heavy atom. The highest BCUT2D eigenvalue weighted by molar-refractivity contribution is 7.89. The van der Waals surface area contributed by atoms with Crippen LogP contribution in [0.5, 0.6) is 0 Å². The average molecular weight is 408 g/mol. The topological polar surface area (TPSA) is 106 Å². The zero-order valence-corrected chi connectivity index (χ0v) is 16.9. The molecule has 0 radical (unpaired) electrons. The molecule has 0 aliphatic carbocycles. The second kappa shape index (κ2) is 9.52. The molecular weight excluding hydrogens is 384 g/mol. The number of esters is 1. The normalized spacial score (nSPS) is 12.6. The maximum absolute atomic E-state index is 13.0. The lowest BCUT2D eigenvalue weighted by molar-refractivity contribution is -0.155. The summed E-state index contributed by atoms with van der Waals surface area (Å²) < 4.78 is 37.3. The van der Waals surface area contributed by atoms with Crippen LogP contribution in [0.1, 0.15) is 25.2 Å². The van der Waals surface area contributed by atoms with Crippen LogP contribution in [-0.4, -0.2) is 43.8 Å². The van der Waals surface area contributed by atoms with E-state index in [-0.39, 0.29) is 11.4 Å². The van der Waals surface area contributed by atoms with Crippen molar-refractivity contribution in [3.05, 3.63) is 54.0 Å². The third kappa shape index (κ3) is 5.67. The van der Waals surface area contributed by atoms with Gasteiger partial charge in [-0.2, -0.15) is 4.31 Å². The lowest BCUT2D eigenvalue weighted by atomic mass is 10.2. The van der Waals surface area contributed by atoms with Crippen LogP contribution in [-0.2, 0) is 30.9 Å². The van der Waals surface area contributed by atoms with Crippen molar-refractivity contribution in [2.45, 2.75) is 38.3 Å². The van der Waals surface area contributed by atoms with Crippen LogP contribution in [0.3, 0.4) is 0 Å². The number of carbonyl (C=O) groups excluding carboxylic acids is 2. The number of sulfonamides is 1. The highest BCUT2D eigenvalue weighted by Gasteiger charge is 2.29. The fourth-order valence-corrected chi connectivity index (χ4v) is 3.76. The Morgan fingerprint density at radius 3 is 2.46 bits per heavy atom. The summed E-state index contributed by atoms with van der Waals surface area (Å²) in [6.07, 6.45) is 0.390. The zero-order valence-electron chi connectivity index (χ0n) is 16.0. The smallest absolute Gasteiger partial charge is 0.322 e. The Hall–Kier alpha value is -2.65. The van der Waals surface area contributed by atoms with E-state index in [2.05, 4.69) is 5.32 Å². The van der Waals surface area contributed by atoms with E-state index >= 15 is 0 Å². The van der Waals surface area contributed by atoms with E-state index < -0.39 is 34.5 Å². The Labute approximate surface area is 164 Å². The lowest BCUT2D eigenvalue weighted by Crippen LogP contribution is -2.40. The minimum Gasteiger partial charge on any atom is -0.468 e. The Bertz CT molecular complexity index is 891. The molecule has 0 saturated carbocycles. The summed E-state index contributed by atoms with van der Waals surface area (Å²) in [4.78, 5) is 24.1. The molecule has 1 N–H and O–H groups in total. The molecule has 1 amide bonds. The van der Waals surface area contributed by atoms with Gasteiger partial charge in [-0.1, -0.05) is 17.7 Å². The fourth-order valence-electron chi connectivity index (χ4n) is 2.41. The van der Waals surface area contributed by atoms with Crippen LogP contribution < -0.4 is 5.32 Å². The number of aryl methyl sites for hydroxylation is 1. The molecule has 1 atom stereocenters. The van der Waals surface area contributed by atoms with Gasteiger partial charge in [-0.25, -0.2) is 8.42 Å². The Kier molecular flexibility index (Phi) is 7.36. The molecule has 1 aromatic heterocycles. The molecule has 2 aromatic rings. The second-order valence-corrected chi connectivity index (χ2v) is 8.13. The number of rotatable bonds is 9. The van der Waals surface area contributed by atoms with Gasteiger partial charge in [0.05, 0.1) is 17.7 Å². The number of carbonyl (C=O) groups is 2. The van der Waals surface area contributed by atoms with E-state index in [4.69, 9.17) is 9.15 Å². The maximum Gasteiger partial charge on any atom is 0.322 e. The number of nitrogens with zero attached hydrogens (tertiary/aromatic N) is 1. The highest BCUT2D eigenvalue weighted by atomic mass is 32.2. The second-order valence-electron chi connectivity index (χ2n) is 6.19. The van der Waals surface area contributed by atoms with E-state index in [1.807, 2.05) is 6.92 Å². The van der Waals surface area contributed by atoms with E-state index in [9.17, 15) is 18.0 Å². The van der Waals surface area contributed by atoms with Crippen LogP contribution in [0.25, 0.3) is 0 Å². The maximum atomic E-state index is 13.0. The first-order valence-electron chi connectivity index (χ1n) is 8.80. The van der Waals surface area contributed by atoms with Crippen LogP contribution in [0.2, 0.25) is 0 Å². The van der Waals surface area contributed by atoms with Crippen molar-refractivity contribution in [2.75, 3.05) is 13.1 Å². The van der Waals surface area contributed by atoms with Gasteiger partial charge in [0.2, 0.25) is 10.0 Å². The lowest BCUT2D eigenvalue weighted by Gasteiger charge is -2.21. The van der Waals surface area contributed by atoms with Crippen molar-refractivity contribution < 1.29 is 27.2 Å². The third-order valence-corrected chi connectivity index (χ3v) is 5.71. The molecule has 1 heterocycles. The molecule has 0 spiro atoms. The summed E-state index contributed by atoms with van der Waals surface area (Å²) >= 11 is 0. The van der Waals surface area contributed by atoms with Crippen molar-refractivity contribution in [3.63, 3.8) is 0 Å². The summed E-state index contributed by atoms with van der Waals surface area (Å²) in [5.74, 6) is -0.906. The first-order valence-corrected chi connectivity index (χ1v) is 10.2. The largest absolute Gasteiger partial charge is 0.468 e. The Balaban J connectivity index is 2.20. The monoisotopic (exact) mass is 408 g/mol. The summed E-state index contributed by atoms with van der Waals surface area (Å²) in [5, 5.41) is 2.54. The molecular formula is C19H24N2O6S. The summed E-state index contributed by atoms with van der Waals surface area (Å²) in [7, 11) is -3.98. The highest BCUT2D eigenvalue weighted by Crippen LogP contribution is 2.19. The molecule has 0 saturated heterocycles. The van der Waals surface area contributed by atoms with Gasteiger partial charge in [-0.3, -0.25) is 9.59 Å². The van der Waals surface area contributed by atoms with Gasteiger partial charge in [-0.15, -0.1) is 0 Å². The van der Waals surface area contributed by atoms with Crippen LogP contribution in [0.15, 0.2) is 52.0 Å². The summed E-state index contributed by atoms with van der Waals surface area (Å²) in [6.45, 7) is 4.71. The number of benzene rings is 1. The SMILES string of the molecule is CCNC(=O)[C@@H](C)OC(=O)CN(Cc1ccco1)S(=O)(=O)c1ccc(C)cc1. The van der Waals surface area contributed by atoms with Gasteiger partial charge in [0, 0.05) is 6.54 Å². The first-order chi connectivity index (χ1) is 13.2. The molecule has 0 unspecified atom stereocenters. The van der Waals surface area contributed by atoms with Crippen LogP contribution in [0, 0.1) is 6.92 Å². The minimum absolute atomic E-state index is 0.0502. The van der Waals surface area contributed by atoms with Gasteiger partial charge < -0.3 is 14.5 Å². The molecule has 1 aromatic carbocycles. The molecule has 0 aliphatic rings. The molecule has 0 aliphatic heterocycles. The van der Waals surface area contributed by atoms with Gasteiger partial charge >= 0.3 is 5.97 Å². The molecule has 9 heteroatoms. The quantitative estimate of drug-likeness (QED) is 0.635. The minimum atomic E-state index is -3.98. The number of amides is 1. The van der Waals surface area contributed by atoms with Crippen molar-refractivity contribution in [1.29, 1.82) is 0 Å². The van der Waals surface area contributed by atoms with Gasteiger partial charge in [-0.05, 0) is 45.0 Å². The van der Waals surface area contributed by atoms with Crippen molar-refractivity contribution in [3.8, 4) is 0 Å². The van der Waals surface area contributed by atoms with E-state index in [1.165, 1.54) is 25.3 Å². The van der Waals surface area contributed by atoms with E-state index in [1.54, 1.807) is 31.2 Å². The zero-order chi connectivity index (χ0) is 20.7. The first kappa shape index (κ1) is 21.6. The summed E-state index contributed by atoms with van der Waals surface area (Å²) in [6, 6.07) is 9.54. The molecule has 2 rings (SSSR count). The fraction of sp³-hybridized carbons (Fsp3) is 0.368. The molecule has 0 fully saturated rings. The number of hydrogen-bond acceptors (Lipinski definition) is 6. The van der Waals surface area contributed by atoms with Gasteiger partial charge in [0.15, 0.2) is 6.10 Å². The number of ether oxygens (including phenoxy) is 1. The van der Waals surface area contributed by atoms with Crippen molar-refractivity contribution in [2.24, 2.45) is 0 Å². The third-order valence-electron chi connectivity index (χ3n) is 3.90. The van der Waals surface area contributed by atoms with Crippen molar-refractivity contribution >= 4 is 21.9 Å². The molecule has 28 heavy (non-hydrogen) atoms. The van der Waals surface area contributed by atoms with Crippen LogP contribution >= 0.6 is 0 Å². The molecule has 8 nitrogen and oxygen atoms in total. The average Bonchev–Trinajstić information content (AvgIpc) is 3.14. The molecule has 0 bridgehead atoms. The number of likely N-dealkylation sites (N-methyl/N-ethyl adjacent to an activating group) is 1. The summed E-state index contributed by atoms with van der Waals surface area (Å²) in [5.41, 5.74) is 0.909. The van der Waals surface area contributed by atoms with Crippen LogP contribution in [0.4, 0.5) is 0 Å². The van der Waals surface area contributed by atoms with Gasteiger partial charge in [0.25, 0.3) is 5.91 Å². The number of hydrogen-bond donors (Lipinski definition) is 1. The number of furan rings is 1.